The molecule has 0 saturated heterocycles. The van der Waals surface area contributed by atoms with Crippen LogP contribution in [0.25, 0.3) is 0 Å². The topological polar surface area (TPSA) is 49.7 Å². The van der Waals surface area contributed by atoms with E-state index >= 15 is 0 Å². The number of unbranched alkanes of at least 4 members (excludes halogenated alkanes) is 2. The van der Waals surface area contributed by atoms with Crippen molar-refractivity contribution in [3.05, 3.63) is 29.6 Å². The number of rotatable bonds is 7. The van der Waals surface area contributed by atoms with Gasteiger partial charge in [0.2, 0.25) is 0 Å². The van der Waals surface area contributed by atoms with Crippen LogP contribution >= 0.6 is 0 Å². The summed E-state index contributed by atoms with van der Waals surface area (Å²) in [4.78, 5) is 0. The summed E-state index contributed by atoms with van der Waals surface area (Å²) in [7, 11) is -1.64. The van der Waals surface area contributed by atoms with E-state index in [-0.39, 0.29) is 12.1 Å². The lowest BCUT2D eigenvalue weighted by molar-refractivity contribution is 0.115. The van der Waals surface area contributed by atoms with Crippen LogP contribution in [0.3, 0.4) is 0 Å². The van der Waals surface area contributed by atoms with Gasteiger partial charge in [0.15, 0.2) is 0 Å². The molecule has 0 heterocycles. The van der Waals surface area contributed by atoms with Gasteiger partial charge in [-0.3, -0.25) is 0 Å². The molecule has 0 spiro atoms. The van der Waals surface area contributed by atoms with E-state index < -0.39 is 12.9 Å². The monoisotopic (exact) mass is 240 g/mol. The van der Waals surface area contributed by atoms with Crippen LogP contribution in [-0.2, 0) is 11.3 Å². The Morgan fingerprint density at radius 2 is 2.06 bits per heavy atom. The fraction of sp³-hybridized carbons (Fsp3) is 0.500. The summed E-state index contributed by atoms with van der Waals surface area (Å²) in [5, 5.41) is 17.7. The van der Waals surface area contributed by atoms with Crippen molar-refractivity contribution in [3.8, 4) is 0 Å². The van der Waals surface area contributed by atoms with Crippen LogP contribution in [-0.4, -0.2) is 23.8 Å². The third kappa shape index (κ3) is 4.85. The van der Waals surface area contributed by atoms with Crippen molar-refractivity contribution >= 4 is 12.6 Å². The van der Waals surface area contributed by atoms with Crippen LogP contribution in [0.15, 0.2) is 18.2 Å². The second-order valence-electron chi connectivity index (χ2n) is 3.98. The lowest BCUT2D eigenvalue weighted by Gasteiger charge is -2.07. The summed E-state index contributed by atoms with van der Waals surface area (Å²) >= 11 is 0. The van der Waals surface area contributed by atoms with Gasteiger partial charge in [0.05, 0.1) is 6.61 Å². The molecule has 0 unspecified atom stereocenters. The molecule has 3 nitrogen and oxygen atoms in total. The lowest BCUT2D eigenvalue weighted by Crippen LogP contribution is -2.30. The fourth-order valence-corrected chi connectivity index (χ4v) is 1.48. The predicted molar refractivity (Wildman–Crippen MR) is 65.4 cm³/mol. The van der Waals surface area contributed by atoms with Crippen molar-refractivity contribution < 1.29 is 19.2 Å². The number of halogens is 1. The Kier molecular flexibility index (Phi) is 6.18. The van der Waals surface area contributed by atoms with E-state index in [0.717, 1.165) is 25.3 Å². The fourth-order valence-electron chi connectivity index (χ4n) is 1.48. The van der Waals surface area contributed by atoms with Gasteiger partial charge in [-0.15, -0.1) is 0 Å². The average Bonchev–Trinajstić information content (AvgIpc) is 2.30. The smallest absolute Gasteiger partial charge is 0.423 e. The van der Waals surface area contributed by atoms with Gasteiger partial charge < -0.3 is 14.8 Å². The Hall–Kier alpha value is -0.905. The highest BCUT2D eigenvalue weighted by molar-refractivity contribution is 6.58. The number of ether oxygens (including phenoxy) is 1. The van der Waals surface area contributed by atoms with Crippen molar-refractivity contribution in [3.63, 3.8) is 0 Å². The van der Waals surface area contributed by atoms with Crippen molar-refractivity contribution in [2.45, 2.75) is 32.8 Å². The molecule has 1 aromatic rings. The van der Waals surface area contributed by atoms with E-state index in [0.29, 0.717) is 12.2 Å². The maximum atomic E-state index is 13.5. The molecular formula is C12H18BFO3. The Morgan fingerprint density at radius 3 is 2.65 bits per heavy atom. The normalized spacial score (nSPS) is 10.6. The highest BCUT2D eigenvalue weighted by Gasteiger charge is 2.13. The molecule has 0 saturated carbocycles. The molecule has 0 aliphatic carbocycles. The van der Waals surface area contributed by atoms with Crippen molar-refractivity contribution in [2.75, 3.05) is 6.61 Å². The van der Waals surface area contributed by atoms with Gasteiger partial charge in [-0.25, -0.2) is 4.39 Å². The minimum atomic E-state index is -1.64. The molecule has 1 aromatic carbocycles. The summed E-state index contributed by atoms with van der Waals surface area (Å²) in [6, 6.07) is 4.12. The molecule has 0 atom stereocenters. The lowest BCUT2D eigenvalue weighted by atomic mass is 9.80. The van der Waals surface area contributed by atoms with E-state index in [9.17, 15) is 4.39 Å². The molecule has 0 radical (unpaired) electrons. The second-order valence-corrected chi connectivity index (χ2v) is 3.98. The van der Waals surface area contributed by atoms with E-state index in [1.807, 2.05) is 0 Å². The molecule has 0 aliphatic heterocycles. The van der Waals surface area contributed by atoms with Gasteiger partial charge in [-0.1, -0.05) is 31.9 Å². The highest BCUT2D eigenvalue weighted by Crippen LogP contribution is 2.07. The van der Waals surface area contributed by atoms with E-state index in [2.05, 4.69) is 6.92 Å². The van der Waals surface area contributed by atoms with Gasteiger partial charge in [0, 0.05) is 12.2 Å². The largest absolute Gasteiger partial charge is 0.488 e. The third-order valence-corrected chi connectivity index (χ3v) is 2.53. The minimum Gasteiger partial charge on any atom is -0.423 e. The SMILES string of the molecule is CCCCCOCc1ccc(B(O)O)cc1F. The van der Waals surface area contributed by atoms with E-state index in [4.69, 9.17) is 14.8 Å². The van der Waals surface area contributed by atoms with E-state index in [1.54, 1.807) is 0 Å². The first-order valence-electron chi connectivity index (χ1n) is 5.87. The van der Waals surface area contributed by atoms with Gasteiger partial charge in [-0.2, -0.15) is 0 Å². The van der Waals surface area contributed by atoms with Gasteiger partial charge in [0.1, 0.15) is 5.82 Å². The Morgan fingerprint density at radius 1 is 1.29 bits per heavy atom. The summed E-state index contributed by atoms with van der Waals surface area (Å²) in [6.07, 6.45) is 3.21. The Bertz CT molecular complexity index is 345. The molecular weight excluding hydrogens is 222 g/mol. The summed E-state index contributed by atoms with van der Waals surface area (Å²) in [5.74, 6) is -0.467. The highest BCUT2D eigenvalue weighted by atomic mass is 19.1. The van der Waals surface area contributed by atoms with Crippen LogP contribution in [0.2, 0.25) is 0 Å². The van der Waals surface area contributed by atoms with Crippen LogP contribution in [0, 0.1) is 5.82 Å². The zero-order valence-corrected chi connectivity index (χ0v) is 10.0. The maximum Gasteiger partial charge on any atom is 0.488 e. The first-order chi connectivity index (χ1) is 8.15. The molecule has 17 heavy (non-hydrogen) atoms. The quantitative estimate of drug-likeness (QED) is 0.556. The summed E-state index contributed by atoms with van der Waals surface area (Å²) < 4.78 is 18.8. The molecule has 0 aliphatic rings. The van der Waals surface area contributed by atoms with Crippen molar-refractivity contribution in [1.82, 2.24) is 0 Å². The minimum absolute atomic E-state index is 0.150. The van der Waals surface area contributed by atoms with E-state index in [1.165, 1.54) is 12.1 Å². The van der Waals surface area contributed by atoms with Crippen molar-refractivity contribution in [1.29, 1.82) is 0 Å². The van der Waals surface area contributed by atoms with Crippen molar-refractivity contribution in [2.24, 2.45) is 0 Å². The number of hydrogen-bond acceptors (Lipinski definition) is 3. The molecule has 2 N–H and O–H groups in total. The van der Waals surface area contributed by atoms with Gasteiger partial charge >= 0.3 is 7.12 Å². The van der Waals surface area contributed by atoms with Crippen LogP contribution in [0.1, 0.15) is 31.7 Å². The predicted octanol–water partition coefficient (Wildman–Crippen LogP) is 1.21. The van der Waals surface area contributed by atoms with Gasteiger partial charge in [-0.05, 0) is 17.9 Å². The second kappa shape index (κ2) is 7.43. The average molecular weight is 240 g/mol. The van der Waals surface area contributed by atoms with Crippen LogP contribution < -0.4 is 5.46 Å². The van der Waals surface area contributed by atoms with Gasteiger partial charge in [0.25, 0.3) is 0 Å². The molecule has 94 valence electrons. The maximum absolute atomic E-state index is 13.5. The Balaban J connectivity index is 2.43. The standard InChI is InChI=1S/C12H18BFO3/c1-2-3-4-7-17-9-10-5-6-11(13(15)16)8-12(10)14/h5-6,8,15-16H,2-4,7,9H2,1H3. The number of benzene rings is 1. The zero-order chi connectivity index (χ0) is 12.7. The summed E-state index contributed by atoms with van der Waals surface area (Å²) in [5.41, 5.74) is 0.586. The Labute approximate surface area is 101 Å². The zero-order valence-electron chi connectivity index (χ0n) is 10.0. The molecule has 5 heteroatoms. The molecule has 0 fully saturated rings. The third-order valence-electron chi connectivity index (χ3n) is 2.53. The molecule has 0 aromatic heterocycles. The first kappa shape index (κ1) is 14.2. The summed E-state index contributed by atoms with van der Waals surface area (Å²) in [6.45, 7) is 2.95. The molecule has 1 rings (SSSR count). The first-order valence-corrected chi connectivity index (χ1v) is 5.87. The molecule has 0 bridgehead atoms. The number of hydrogen-bond donors (Lipinski definition) is 2. The van der Waals surface area contributed by atoms with Crippen LogP contribution in [0.5, 0.6) is 0 Å². The van der Waals surface area contributed by atoms with Crippen LogP contribution in [0.4, 0.5) is 4.39 Å². The molecule has 0 amide bonds.